The molecule has 0 amide bonds. The first-order valence-electron chi connectivity index (χ1n) is 3.83. The van der Waals surface area contributed by atoms with Crippen LogP contribution < -0.4 is 0 Å². The number of aryl methyl sites for hydroxylation is 1. The van der Waals surface area contributed by atoms with Crippen molar-refractivity contribution in [2.45, 2.75) is 12.8 Å². The molecule has 0 unspecified atom stereocenters. The molecule has 0 N–H and O–H groups in total. The van der Waals surface area contributed by atoms with E-state index in [0.29, 0.717) is 18.4 Å². The predicted octanol–water partition coefficient (Wildman–Crippen LogP) is 2.78. The minimum Gasteiger partial charge on any atom is -0.198 e. The van der Waals surface area contributed by atoms with Crippen LogP contribution in [0.15, 0.2) is 22.7 Å². The molecule has 3 heteroatoms. The second-order valence-corrected chi connectivity index (χ2v) is 3.43. The van der Waals surface area contributed by atoms with Crippen molar-refractivity contribution >= 4 is 15.9 Å². The molecule has 0 saturated carbocycles. The van der Waals surface area contributed by atoms with Crippen LogP contribution in [0.25, 0.3) is 0 Å². The molecule has 0 atom stereocenters. The van der Waals surface area contributed by atoms with Gasteiger partial charge in [-0.15, -0.1) is 0 Å². The van der Waals surface area contributed by atoms with Gasteiger partial charge in [0.25, 0.3) is 0 Å². The number of hydrogen-bond donors (Lipinski definition) is 0. The Morgan fingerprint density at radius 3 is 2.69 bits per heavy atom. The van der Waals surface area contributed by atoms with Crippen LogP contribution in [0.5, 0.6) is 0 Å². The van der Waals surface area contributed by atoms with E-state index in [0.717, 1.165) is 10.0 Å². The van der Waals surface area contributed by atoms with Gasteiger partial charge >= 0.3 is 0 Å². The maximum Gasteiger partial charge on any atom is 0.0991 e. The van der Waals surface area contributed by atoms with Gasteiger partial charge < -0.3 is 0 Å². The van der Waals surface area contributed by atoms with Crippen molar-refractivity contribution in [3.63, 3.8) is 0 Å². The molecule has 2 nitrogen and oxygen atoms in total. The zero-order chi connectivity index (χ0) is 9.68. The minimum absolute atomic E-state index is 0.480. The Hall–Kier alpha value is -1.32. The molecule has 1 aromatic rings. The normalized spacial score (nSPS) is 8.85. The molecule has 0 aromatic heterocycles. The molecule has 0 saturated heterocycles. The van der Waals surface area contributed by atoms with Gasteiger partial charge in [0.15, 0.2) is 0 Å². The minimum atomic E-state index is 0.480. The van der Waals surface area contributed by atoms with Gasteiger partial charge in [0.1, 0.15) is 0 Å². The fourth-order valence-electron chi connectivity index (χ4n) is 1.03. The van der Waals surface area contributed by atoms with Gasteiger partial charge in [-0.1, -0.05) is 15.9 Å². The summed E-state index contributed by atoms with van der Waals surface area (Å²) >= 11 is 3.37. The third-order valence-electron chi connectivity index (χ3n) is 1.68. The second kappa shape index (κ2) is 4.64. The van der Waals surface area contributed by atoms with Crippen molar-refractivity contribution in [1.29, 1.82) is 10.5 Å². The maximum absolute atomic E-state index is 8.65. The number of nitrogens with zero attached hydrogens (tertiary/aromatic N) is 2. The summed E-state index contributed by atoms with van der Waals surface area (Å²) in [5.41, 5.74) is 1.65. The lowest BCUT2D eigenvalue weighted by molar-refractivity contribution is 1.00. The molecular formula is C10H7BrN2. The molecule has 0 spiro atoms. The summed E-state index contributed by atoms with van der Waals surface area (Å²) in [5.74, 6) is 0. The van der Waals surface area contributed by atoms with E-state index in [1.54, 1.807) is 12.1 Å². The topological polar surface area (TPSA) is 47.6 Å². The molecular weight excluding hydrogens is 228 g/mol. The quantitative estimate of drug-likeness (QED) is 0.791. The van der Waals surface area contributed by atoms with Crippen molar-refractivity contribution < 1.29 is 0 Å². The van der Waals surface area contributed by atoms with E-state index >= 15 is 0 Å². The Morgan fingerprint density at radius 2 is 2.08 bits per heavy atom. The highest BCUT2D eigenvalue weighted by Gasteiger charge is 2.00. The molecule has 64 valence electrons. The lowest BCUT2D eigenvalue weighted by Gasteiger charge is -2.01. The van der Waals surface area contributed by atoms with Crippen LogP contribution in [-0.4, -0.2) is 0 Å². The number of hydrogen-bond acceptors (Lipinski definition) is 2. The first-order valence-corrected chi connectivity index (χ1v) is 4.62. The first kappa shape index (κ1) is 9.77. The monoisotopic (exact) mass is 234 g/mol. The van der Waals surface area contributed by atoms with Gasteiger partial charge in [0, 0.05) is 10.9 Å². The van der Waals surface area contributed by atoms with E-state index in [4.69, 9.17) is 10.5 Å². The Balaban J connectivity index is 2.93. The summed E-state index contributed by atoms with van der Waals surface area (Å²) < 4.78 is 0.960. The molecule has 1 aromatic carbocycles. The largest absolute Gasteiger partial charge is 0.198 e. The highest BCUT2D eigenvalue weighted by Crippen LogP contribution is 2.19. The summed E-state index contributed by atoms with van der Waals surface area (Å²) in [6, 6.07) is 9.54. The molecule has 0 heterocycles. The predicted molar refractivity (Wildman–Crippen MR) is 52.8 cm³/mol. The van der Waals surface area contributed by atoms with Crippen LogP contribution in [0.3, 0.4) is 0 Å². The van der Waals surface area contributed by atoms with E-state index < -0.39 is 0 Å². The summed E-state index contributed by atoms with van der Waals surface area (Å²) in [5, 5.41) is 17.1. The van der Waals surface area contributed by atoms with Crippen LogP contribution in [0, 0.1) is 22.7 Å². The summed E-state index contributed by atoms with van der Waals surface area (Å²) in [6.45, 7) is 0. The van der Waals surface area contributed by atoms with E-state index in [2.05, 4.69) is 28.1 Å². The molecule has 0 aliphatic carbocycles. The number of benzene rings is 1. The SMILES string of the molecule is N#CCCc1cc(C#N)ccc1Br. The Morgan fingerprint density at radius 1 is 1.31 bits per heavy atom. The maximum atomic E-state index is 8.65. The lowest BCUT2D eigenvalue weighted by atomic mass is 10.1. The van der Waals surface area contributed by atoms with Gasteiger partial charge in [0.05, 0.1) is 17.7 Å². The zero-order valence-electron chi connectivity index (χ0n) is 6.92. The third-order valence-corrected chi connectivity index (χ3v) is 2.45. The third kappa shape index (κ3) is 2.57. The summed E-state index contributed by atoms with van der Waals surface area (Å²) in [6.07, 6.45) is 1.17. The molecule has 1 rings (SSSR count). The van der Waals surface area contributed by atoms with E-state index in [-0.39, 0.29) is 0 Å². The molecule has 0 fully saturated rings. The molecule has 0 aliphatic rings. The standard InChI is InChI=1S/C10H7BrN2/c11-10-4-3-8(7-13)6-9(10)2-1-5-12/h3-4,6H,1-2H2. The van der Waals surface area contributed by atoms with Crippen LogP contribution in [0.2, 0.25) is 0 Å². The van der Waals surface area contributed by atoms with E-state index in [1.807, 2.05) is 6.07 Å². The number of rotatable bonds is 2. The summed E-state index contributed by atoms with van der Waals surface area (Å²) in [4.78, 5) is 0. The fraction of sp³-hybridized carbons (Fsp3) is 0.200. The molecule has 0 bridgehead atoms. The smallest absolute Gasteiger partial charge is 0.0991 e. The average Bonchev–Trinajstić information content (AvgIpc) is 2.17. The van der Waals surface area contributed by atoms with Crippen molar-refractivity contribution in [3.05, 3.63) is 33.8 Å². The van der Waals surface area contributed by atoms with Crippen molar-refractivity contribution in [1.82, 2.24) is 0 Å². The van der Waals surface area contributed by atoms with E-state index in [9.17, 15) is 0 Å². The van der Waals surface area contributed by atoms with Crippen molar-refractivity contribution in [2.24, 2.45) is 0 Å². The average molecular weight is 235 g/mol. The first-order chi connectivity index (χ1) is 6.27. The second-order valence-electron chi connectivity index (χ2n) is 2.58. The van der Waals surface area contributed by atoms with Crippen molar-refractivity contribution in [3.8, 4) is 12.1 Å². The fourth-order valence-corrected chi connectivity index (χ4v) is 1.47. The lowest BCUT2D eigenvalue weighted by Crippen LogP contribution is -1.87. The molecule has 0 aliphatic heterocycles. The van der Waals surface area contributed by atoms with Gasteiger partial charge in [-0.2, -0.15) is 10.5 Å². The number of halogens is 1. The number of nitriles is 2. The Kier molecular flexibility index (Phi) is 3.49. The zero-order valence-corrected chi connectivity index (χ0v) is 8.50. The van der Waals surface area contributed by atoms with Crippen LogP contribution in [0.4, 0.5) is 0 Å². The van der Waals surface area contributed by atoms with Gasteiger partial charge in [-0.3, -0.25) is 0 Å². The van der Waals surface area contributed by atoms with Gasteiger partial charge in [-0.05, 0) is 30.2 Å². The van der Waals surface area contributed by atoms with Crippen molar-refractivity contribution in [2.75, 3.05) is 0 Å². The molecule has 0 radical (unpaired) electrons. The van der Waals surface area contributed by atoms with Gasteiger partial charge in [0.2, 0.25) is 0 Å². The molecule has 13 heavy (non-hydrogen) atoms. The van der Waals surface area contributed by atoms with Crippen LogP contribution in [0.1, 0.15) is 17.5 Å². The van der Waals surface area contributed by atoms with E-state index in [1.165, 1.54) is 0 Å². The van der Waals surface area contributed by atoms with Gasteiger partial charge in [-0.25, -0.2) is 0 Å². The Labute approximate surface area is 85.5 Å². The Bertz CT molecular complexity index is 385. The van der Waals surface area contributed by atoms with Crippen LogP contribution >= 0.6 is 15.9 Å². The van der Waals surface area contributed by atoms with Crippen LogP contribution in [-0.2, 0) is 6.42 Å². The summed E-state index contributed by atoms with van der Waals surface area (Å²) in [7, 11) is 0. The highest BCUT2D eigenvalue weighted by molar-refractivity contribution is 9.10. The highest BCUT2D eigenvalue weighted by atomic mass is 79.9.